The number of hydrogen-bond acceptors (Lipinski definition) is 4. The van der Waals surface area contributed by atoms with Crippen molar-refractivity contribution in [3.63, 3.8) is 0 Å². The van der Waals surface area contributed by atoms with E-state index in [1.54, 1.807) is 24.3 Å². The molecule has 1 aromatic carbocycles. The number of nitrogens with two attached hydrogens (primary N) is 1. The molecule has 5 nitrogen and oxygen atoms in total. The highest BCUT2D eigenvalue weighted by Crippen LogP contribution is 2.23. The fourth-order valence-corrected chi connectivity index (χ4v) is 3.62. The maximum Gasteiger partial charge on any atom is 0.260 e. The van der Waals surface area contributed by atoms with Gasteiger partial charge in [0.15, 0.2) is 9.84 Å². The van der Waals surface area contributed by atoms with Crippen molar-refractivity contribution in [3.8, 4) is 0 Å². The van der Waals surface area contributed by atoms with Gasteiger partial charge in [-0.1, -0.05) is 18.2 Å². The third kappa shape index (κ3) is 1.94. The van der Waals surface area contributed by atoms with Crippen molar-refractivity contribution < 1.29 is 8.42 Å². The van der Waals surface area contributed by atoms with E-state index in [0.29, 0.717) is 5.39 Å². The number of fused-ring (bicyclic) bond motifs is 1. The first-order valence-electron chi connectivity index (χ1n) is 5.79. The molecular formula is C13H12N2O3S. The Morgan fingerprint density at radius 3 is 2.68 bits per heavy atom. The summed E-state index contributed by atoms with van der Waals surface area (Å²) in [5, 5.41) is 2.43. The first-order chi connectivity index (χ1) is 8.98. The summed E-state index contributed by atoms with van der Waals surface area (Å²) >= 11 is 0. The van der Waals surface area contributed by atoms with Crippen LogP contribution in [0, 0.1) is 0 Å². The monoisotopic (exact) mass is 276 g/mol. The maximum atomic E-state index is 12.4. The predicted molar refractivity (Wildman–Crippen MR) is 74.6 cm³/mol. The Morgan fingerprint density at radius 2 is 2.00 bits per heavy atom. The summed E-state index contributed by atoms with van der Waals surface area (Å²) in [6, 6.07) is 8.27. The lowest BCUT2D eigenvalue weighted by Gasteiger charge is -2.15. The van der Waals surface area contributed by atoms with Gasteiger partial charge >= 0.3 is 0 Å². The molecule has 1 aliphatic rings. The van der Waals surface area contributed by atoms with Gasteiger partial charge in [0.25, 0.3) is 5.56 Å². The number of nitrogen functional groups attached to an aromatic ring is 1. The summed E-state index contributed by atoms with van der Waals surface area (Å²) in [6.07, 6.45) is 1.50. The number of hydrogen-bond donors (Lipinski definition) is 1. The third-order valence-electron chi connectivity index (χ3n) is 3.23. The van der Waals surface area contributed by atoms with Crippen molar-refractivity contribution in [1.82, 2.24) is 4.57 Å². The van der Waals surface area contributed by atoms with Crippen molar-refractivity contribution >= 4 is 26.4 Å². The van der Waals surface area contributed by atoms with Crippen LogP contribution in [0.2, 0.25) is 0 Å². The molecule has 98 valence electrons. The highest BCUT2D eigenvalue weighted by atomic mass is 32.2. The van der Waals surface area contributed by atoms with Crippen molar-refractivity contribution in [2.24, 2.45) is 0 Å². The predicted octanol–water partition coefficient (Wildman–Crippen LogP) is 1.07. The second kappa shape index (κ2) is 3.96. The van der Waals surface area contributed by atoms with Crippen LogP contribution >= 0.6 is 0 Å². The van der Waals surface area contributed by atoms with Gasteiger partial charge in [-0.15, -0.1) is 0 Å². The maximum absolute atomic E-state index is 12.4. The first-order valence-corrected chi connectivity index (χ1v) is 7.50. The van der Waals surface area contributed by atoms with Crippen LogP contribution in [0.25, 0.3) is 10.8 Å². The fourth-order valence-electron chi connectivity index (χ4n) is 2.36. The molecule has 3 rings (SSSR count). The van der Waals surface area contributed by atoms with Gasteiger partial charge in [0.05, 0.1) is 11.8 Å². The molecule has 19 heavy (non-hydrogen) atoms. The van der Waals surface area contributed by atoms with Crippen LogP contribution < -0.4 is 11.3 Å². The molecule has 2 aromatic rings. The highest BCUT2D eigenvalue weighted by Gasteiger charge is 2.25. The Labute approximate surface area is 109 Å². The van der Waals surface area contributed by atoms with E-state index < -0.39 is 15.9 Å². The van der Waals surface area contributed by atoms with E-state index >= 15 is 0 Å². The zero-order chi connectivity index (χ0) is 13.6. The quantitative estimate of drug-likeness (QED) is 0.844. The van der Waals surface area contributed by atoms with Gasteiger partial charge in [-0.2, -0.15) is 0 Å². The van der Waals surface area contributed by atoms with E-state index in [4.69, 9.17) is 5.73 Å². The summed E-state index contributed by atoms with van der Waals surface area (Å²) in [5.41, 5.74) is 5.63. The van der Waals surface area contributed by atoms with Gasteiger partial charge in [0.1, 0.15) is 5.82 Å². The lowest BCUT2D eigenvalue weighted by atomic mass is 10.1. The van der Waals surface area contributed by atoms with E-state index in [1.165, 1.54) is 10.6 Å². The molecular weight excluding hydrogens is 264 g/mol. The van der Waals surface area contributed by atoms with Gasteiger partial charge in [0, 0.05) is 10.8 Å². The average molecular weight is 276 g/mol. The van der Waals surface area contributed by atoms with E-state index in [-0.39, 0.29) is 17.1 Å². The molecule has 1 unspecified atom stereocenters. The standard InChI is InChI=1S/C13H12N2O3S/c14-12-7-9-3-1-2-4-11(9)13(16)15(12)10-5-6-19(17,18)8-10/h1-7,10H,8,14H2. The van der Waals surface area contributed by atoms with E-state index in [9.17, 15) is 13.2 Å². The number of benzene rings is 1. The van der Waals surface area contributed by atoms with Crippen molar-refractivity contribution in [1.29, 1.82) is 0 Å². The van der Waals surface area contributed by atoms with Crippen molar-refractivity contribution in [2.75, 3.05) is 11.5 Å². The Kier molecular flexibility index (Phi) is 2.50. The molecule has 0 saturated heterocycles. The number of allylic oxidation sites excluding steroid dienone is 1. The molecule has 0 spiro atoms. The lowest BCUT2D eigenvalue weighted by molar-refractivity contribution is 0.591. The van der Waals surface area contributed by atoms with Crippen LogP contribution in [0.1, 0.15) is 6.04 Å². The largest absolute Gasteiger partial charge is 0.385 e. The molecule has 0 aliphatic carbocycles. The van der Waals surface area contributed by atoms with Crippen molar-refractivity contribution in [2.45, 2.75) is 6.04 Å². The first kappa shape index (κ1) is 12.0. The third-order valence-corrected chi connectivity index (χ3v) is 4.61. The lowest BCUT2D eigenvalue weighted by Crippen LogP contribution is -2.28. The van der Waals surface area contributed by atoms with Crippen molar-refractivity contribution in [3.05, 3.63) is 52.2 Å². The number of aromatic nitrogens is 1. The smallest absolute Gasteiger partial charge is 0.260 e. The average Bonchev–Trinajstić information content (AvgIpc) is 2.69. The van der Waals surface area contributed by atoms with E-state index in [0.717, 1.165) is 10.8 Å². The molecule has 6 heteroatoms. The normalized spacial score (nSPS) is 20.9. The van der Waals surface area contributed by atoms with Crippen LogP contribution in [-0.2, 0) is 9.84 Å². The zero-order valence-electron chi connectivity index (χ0n) is 9.98. The summed E-state index contributed by atoms with van der Waals surface area (Å²) in [7, 11) is -3.23. The van der Waals surface area contributed by atoms with Crippen LogP contribution in [0.3, 0.4) is 0 Å². The molecule has 1 aliphatic heterocycles. The molecule has 1 aromatic heterocycles. The number of rotatable bonds is 1. The number of sulfone groups is 1. The number of anilines is 1. The Balaban J connectivity index is 2.26. The minimum absolute atomic E-state index is 0.116. The molecule has 0 fully saturated rings. The van der Waals surface area contributed by atoms with Gasteiger partial charge in [-0.05, 0) is 23.6 Å². The minimum Gasteiger partial charge on any atom is -0.385 e. The van der Waals surface area contributed by atoms with Gasteiger partial charge in [0.2, 0.25) is 0 Å². The molecule has 0 radical (unpaired) electrons. The summed E-state index contributed by atoms with van der Waals surface area (Å²) in [5.74, 6) is 0.158. The Hall–Kier alpha value is -2.08. The topological polar surface area (TPSA) is 82.2 Å². The van der Waals surface area contributed by atoms with Gasteiger partial charge < -0.3 is 5.73 Å². The Morgan fingerprint density at radius 1 is 1.26 bits per heavy atom. The van der Waals surface area contributed by atoms with E-state index in [2.05, 4.69) is 0 Å². The SMILES string of the molecule is Nc1cc2ccccc2c(=O)n1C1C=CS(=O)(=O)C1. The number of pyridine rings is 1. The molecule has 0 amide bonds. The van der Waals surface area contributed by atoms with E-state index in [1.807, 2.05) is 6.07 Å². The molecule has 1 atom stereocenters. The summed E-state index contributed by atoms with van der Waals surface area (Å²) < 4.78 is 24.3. The second-order valence-electron chi connectivity index (χ2n) is 4.56. The summed E-state index contributed by atoms with van der Waals surface area (Å²) in [4.78, 5) is 12.4. The molecule has 2 N–H and O–H groups in total. The molecule has 0 saturated carbocycles. The number of nitrogens with zero attached hydrogens (tertiary/aromatic N) is 1. The highest BCUT2D eigenvalue weighted by molar-refractivity contribution is 7.94. The van der Waals surface area contributed by atoms with Crippen LogP contribution in [0.15, 0.2) is 46.6 Å². The minimum atomic E-state index is -3.23. The summed E-state index contributed by atoms with van der Waals surface area (Å²) in [6.45, 7) is 0. The van der Waals surface area contributed by atoms with Crippen LogP contribution in [0.4, 0.5) is 5.82 Å². The molecule has 2 heterocycles. The fraction of sp³-hybridized carbons (Fsp3) is 0.154. The van der Waals surface area contributed by atoms with Gasteiger partial charge in [-0.3, -0.25) is 9.36 Å². The second-order valence-corrected chi connectivity index (χ2v) is 6.49. The van der Waals surface area contributed by atoms with Gasteiger partial charge in [-0.25, -0.2) is 8.42 Å². The zero-order valence-corrected chi connectivity index (χ0v) is 10.8. The van der Waals surface area contributed by atoms with Crippen LogP contribution in [0.5, 0.6) is 0 Å². The van der Waals surface area contributed by atoms with Crippen LogP contribution in [-0.4, -0.2) is 18.7 Å². The molecule has 0 bridgehead atoms. The Bertz CT molecular complexity index is 850.